The van der Waals surface area contributed by atoms with E-state index < -0.39 is 11.7 Å². The van der Waals surface area contributed by atoms with E-state index in [1.165, 1.54) is 20.3 Å². The van der Waals surface area contributed by atoms with Crippen molar-refractivity contribution in [3.05, 3.63) is 35.6 Å². The van der Waals surface area contributed by atoms with Gasteiger partial charge in [-0.15, -0.1) is 0 Å². The maximum Gasteiger partial charge on any atom is 0.163 e. The van der Waals surface area contributed by atoms with Crippen molar-refractivity contribution in [2.24, 2.45) is 5.92 Å². The van der Waals surface area contributed by atoms with E-state index in [1.807, 2.05) is 0 Å². The normalized spacial score (nSPS) is 26.4. The molecular formula is C15H18FNO3. The minimum Gasteiger partial charge on any atom is -0.381 e. The van der Waals surface area contributed by atoms with Gasteiger partial charge in [-0.2, -0.15) is 5.26 Å². The predicted molar refractivity (Wildman–Crippen MR) is 70.4 cm³/mol. The molecule has 2 rings (SSSR count). The van der Waals surface area contributed by atoms with Crippen LogP contribution in [-0.2, 0) is 19.6 Å². The molecule has 0 radical (unpaired) electrons. The van der Waals surface area contributed by atoms with E-state index in [2.05, 4.69) is 6.07 Å². The Balaban J connectivity index is 2.50. The first-order chi connectivity index (χ1) is 9.69. The van der Waals surface area contributed by atoms with Gasteiger partial charge in [0.25, 0.3) is 0 Å². The molecule has 108 valence electrons. The Morgan fingerprint density at radius 3 is 2.70 bits per heavy atom. The van der Waals surface area contributed by atoms with Crippen LogP contribution in [0.3, 0.4) is 0 Å². The monoisotopic (exact) mass is 279 g/mol. The van der Waals surface area contributed by atoms with Crippen LogP contribution in [0.15, 0.2) is 24.3 Å². The summed E-state index contributed by atoms with van der Waals surface area (Å²) in [7, 11) is 3.01. The van der Waals surface area contributed by atoms with Crippen LogP contribution in [0.4, 0.5) is 4.39 Å². The zero-order chi connectivity index (χ0) is 14.6. The molecule has 5 heteroatoms. The minimum atomic E-state index is -1.000. The lowest BCUT2D eigenvalue weighted by Gasteiger charge is -2.41. The summed E-state index contributed by atoms with van der Waals surface area (Å²) in [5, 5.41) is 9.75. The molecule has 0 saturated carbocycles. The maximum absolute atomic E-state index is 14.2. The van der Waals surface area contributed by atoms with Crippen LogP contribution < -0.4 is 0 Å². The van der Waals surface area contributed by atoms with Crippen molar-refractivity contribution in [2.45, 2.75) is 18.1 Å². The van der Waals surface area contributed by atoms with Crippen molar-refractivity contribution in [3.8, 4) is 6.07 Å². The van der Waals surface area contributed by atoms with Crippen LogP contribution >= 0.6 is 0 Å². The predicted octanol–water partition coefficient (Wildman–Crippen LogP) is 2.24. The summed E-state index contributed by atoms with van der Waals surface area (Å²) < 4.78 is 30.2. The van der Waals surface area contributed by atoms with Gasteiger partial charge in [-0.3, -0.25) is 0 Å². The number of hydrogen-bond donors (Lipinski definition) is 0. The molecule has 1 aliphatic rings. The van der Waals surface area contributed by atoms with Crippen molar-refractivity contribution in [2.75, 3.05) is 27.4 Å². The van der Waals surface area contributed by atoms with Gasteiger partial charge in [0.2, 0.25) is 0 Å². The third-order valence-electron chi connectivity index (χ3n) is 3.92. The van der Waals surface area contributed by atoms with E-state index in [0.717, 1.165) is 0 Å². The highest BCUT2D eigenvalue weighted by molar-refractivity contribution is 5.36. The van der Waals surface area contributed by atoms with Gasteiger partial charge in [-0.05, 0) is 12.5 Å². The zero-order valence-electron chi connectivity index (χ0n) is 11.6. The van der Waals surface area contributed by atoms with Gasteiger partial charge in [0.1, 0.15) is 5.82 Å². The van der Waals surface area contributed by atoms with Crippen molar-refractivity contribution in [1.82, 2.24) is 0 Å². The van der Waals surface area contributed by atoms with E-state index in [-0.39, 0.29) is 11.7 Å². The lowest BCUT2D eigenvalue weighted by Crippen LogP contribution is -2.49. The number of nitriles is 1. The molecule has 0 amide bonds. The van der Waals surface area contributed by atoms with Gasteiger partial charge in [0.15, 0.2) is 6.29 Å². The number of methoxy groups -OCH3 is 2. The fraction of sp³-hybridized carbons (Fsp3) is 0.533. The van der Waals surface area contributed by atoms with Crippen LogP contribution in [0.25, 0.3) is 0 Å². The van der Waals surface area contributed by atoms with Gasteiger partial charge in [-0.25, -0.2) is 4.39 Å². The molecule has 4 nitrogen and oxygen atoms in total. The Morgan fingerprint density at radius 1 is 1.40 bits per heavy atom. The summed E-state index contributed by atoms with van der Waals surface area (Å²) in [6, 6.07) is 8.66. The van der Waals surface area contributed by atoms with Crippen molar-refractivity contribution in [1.29, 1.82) is 5.26 Å². The minimum absolute atomic E-state index is 0.300. The van der Waals surface area contributed by atoms with E-state index in [4.69, 9.17) is 14.2 Å². The van der Waals surface area contributed by atoms with Crippen molar-refractivity contribution < 1.29 is 18.6 Å². The first kappa shape index (κ1) is 14.9. The van der Waals surface area contributed by atoms with Crippen LogP contribution in [-0.4, -0.2) is 33.7 Å². The molecule has 1 aromatic carbocycles. The third-order valence-corrected chi connectivity index (χ3v) is 3.92. The number of hydrogen-bond acceptors (Lipinski definition) is 4. The number of ether oxygens (including phenoxy) is 3. The topological polar surface area (TPSA) is 51.5 Å². The highest BCUT2D eigenvalue weighted by Crippen LogP contribution is 2.42. The molecule has 20 heavy (non-hydrogen) atoms. The molecule has 1 fully saturated rings. The molecule has 0 aromatic heterocycles. The number of nitrogens with zero attached hydrogens (tertiary/aromatic N) is 1. The highest BCUT2D eigenvalue weighted by atomic mass is 19.1. The fourth-order valence-electron chi connectivity index (χ4n) is 2.86. The quantitative estimate of drug-likeness (QED) is 0.793. The van der Waals surface area contributed by atoms with Gasteiger partial charge < -0.3 is 14.2 Å². The average Bonchev–Trinajstić information content (AvgIpc) is 2.50. The van der Waals surface area contributed by atoms with Gasteiger partial charge in [0, 0.05) is 26.4 Å². The molecule has 2 atom stereocenters. The molecule has 0 unspecified atom stereocenters. The lowest BCUT2D eigenvalue weighted by atomic mass is 9.67. The SMILES string of the molecule is COC(OC)[C@H]1COCC[C@@]1(C#N)c1ccccc1F. The number of benzene rings is 1. The molecule has 0 bridgehead atoms. The Labute approximate surface area is 118 Å². The summed E-state index contributed by atoms with van der Waals surface area (Å²) in [5.74, 6) is -0.764. The summed E-state index contributed by atoms with van der Waals surface area (Å²) in [6.07, 6.45) is -0.201. The molecular weight excluding hydrogens is 261 g/mol. The first-order valence-corrected chi connectivity index (χ1v) is 6.49. The van der Waals surface area contributed by atoms with Crippen LogP contribution in [0, 0.1) is 23.1 Å². The molecule has 1 aliphatic heterocycles. The average molecular weight is 279 g/mol. The summed E-state index contributed by atoms with van der Waals surface area (Å²) in [5.41, 5.74) is -0.616. The maximum atomic E-state index is 14.2. The Morgan fingerprint density at radius 2 is 2.10 bits per heavy atom. The standard InChI is InChI=1S/C15H18FNO3/c1-18-14(19-2)12-9-20-8-7-15(12,10-17)11-5-3-4-6-13(11)16/h3-6,12,14H,7-9H2,1-2H3/t12-,15-/m1/s1. The molecule has 1 heterocycles. The Bertz CT molecular complexity index is 498. The fourth-order valence-corrected chi connectivity index (χ4v) is 2.86. The Hall–Kier alpha value is -1.48. The number of halogens is 1. The van der Waals surface area contributed by atoms with Gasteiger partial charge in [-0.1, -0.05) is 18.2 Å². The second kappa shape index (κ2) is 6.31. The third kappa shape index (κ3) is 2.42. The zero-order valence-corrected chi connectivity index (χ0v) is 11.6. The van der Waals surface area contributed by atoms with E-state index in [0.29, 0.717) is 25.2 Å². The van der Waals surface area contributed by atoms with Crippen LogP contribution in [0.1, 0.15) is 12.0 Å². The van der Waals surface area contributed by atoms with E-state index in [1.54, 1.807) is 18.2 Å². The van der Waals surface area contributed by atoms with Crippen LogP contribution in [0.5, 0.6) is 0 Å². The van der Waals surface area contributed by atoms with Crippen LogP contribution in [0.2, 0.25) is 0 Å². The Kier molecular flexibility index (Phi) is 4.71. The second-order valence-electron chi connectivity index (χ2n) is 4.83. The van der Waals surface area contributed by atoms with Crippen molar-refractivity contribution >= 4 is 0 Å². The lowest BCUT2D eigenvalue weighted by molar-refractivity contribution is -0.177. The smallest absolute Gasteiger partial charge is 0.163 e. The highest BCUT2D eigenvalue weighted by Gasteiger charge is 2.49. The first-order valence-electron chi connectivity index (χ1n) is 6.49. The summed E-state index contributed by atoms with van der Waals surface area (Å²) in [6.45, 7) is 0.715. The molecule has 1 saturated heterocycles. The molecule has 0 spiro atoms. The number of rotatable bonds is 4. The second-order valence-corrected chi connectivity index (χ2v) is 4.83. The van der Waals surface area contributed by atoms with Gasteiger partial charge >= 0.3 is 0 Å². The largest absolute Gasteiger partial charge is 0.381 e. The van der Waals surface area contributed by atoms with Crippen molar-refractivity contribution in [3.63, 3.8) is 0 Å². The summed E-state index contributed by atoms with van der Waals surface area (Å²) >= 11 is 0. The molecule has 1 aromatic rings. The van der Waals surface area contributed by atoms with E-state index >= 15 is 0 Å². The van der Waals surface area contributed by atoms with E-state index in [9.17, 15) is 9.65 Å². The molecule has 0 N–H and O–H groups in total. The van der Waals surface area contributed by atoms with Gasteiger partial charge in [0.05, 0.1) is 24.0 Å². The molecule has 0 aliphatic carbocycles. The summed E-state index contributed by atoms with van der Waals surface area (Å²) in [4.78, 5) is 0.